The molecule has 2 rings (SSSR count). The Balaban J connectivity index is 0.00000800. The number of hydrogen-bond donors (Lipinski definition) is 2. The molecule has 0 spiro atoms. The first-order valence-electron chi connectivity index (χ1n) is 13.2. The van der Waals surface area contributed by atoms with Crippen molar-refractivity contribution in [3.8, 4) is 0 Å². The Morgan fingerprint density at radius 2 is 1.95 bits per heavy atom. The van der Waals surface area contributed by atoms with Gasteiger partial charge in [0.15, 0.2) is 6.23 Å². The van der Waals surface area contributed by atoms with Crippen LogP contribution in [0.4, 0.5) is 4.39 Å². The summed E-state index contributed by atoms with van der Waals surface area (Å²) in [7, 11) is 1.54. The molecule has 222 valence electrons. The molecule has 2 amide bonds. The van der Waals surface area contributed by atoms with Crippen LogP contribution in [0.15, 0.2) is 66.5 Å². The second kappa shape index (κ2) is 17.6. The van der Waals surface area contributed by atoms with E-state index in [0.717, 1.165) is 13.1 Å². The van der Waals surface area contributed by atoms with Gasteiger partial charge in [0.1, 0.15) is 12.4 Å². The summed E-state index contributed by atoms with van der Waals surface area (Å²) in [6.45, 7) is 13.4. The normalized spacial score (nSPS) is 19.3. The first kappa shape index (κ1) is 34.9. The third kappa shape index (κ3) is 10.8. The van der Waals surface area contributed by atoms with Crippen LogP contribution in [0.3, 0.4) is 0 Å². The number of halogens is 1. The fraction of sp³-hybridized carbons (Fsp3) is 0.484. The lowest BCUT2D eigenvalue weighted by Crippen LogP contribution is -2.47. The van der Waals surface area contributed by atoms with Gasteiger partial charge in [0.2, 0.25) is 5.91 Å². The average molecular weight is 560 g/mol. The van der Waals surface area contributed by atoms with E-state index in [4.69, 9.17) is 9.47 Å². The molecule has 0 saturated carbocycles. The molecule has 1 saturated heterocycles. The Morgan fingerprint density at radius 3 is 2.55 bits per heavy atom. The molecule has 1 heterocycles. The Morgan fingerprint density at radius 1 is 1.30 bits per heavy atom. The van der Waals surface area contributed by atoms with Gasteiger partial charge in [-0.1, -0.05) is 63.4 Å². The molecule has 1 fully saturated rings. The zero-order valence-corrected chi connectivity index (χ0v) is 23.7. The summed E-state index contributed by atoms with van der Waals surface area (Å²) in [6, 6.07) is 5.29. The van der Waals surface area contributed by atoms with Crippen LogP contribution in [-0.2, 0) is 32.2 Å². The third-order valence-electron chi connectivity index (χ3n) is 6.23. The number of nitrogens with zero attached hydrogens (tertiary/aromatic N) is 2. The van der Waals surface area contributed by atoms with Gasteiger partial charge in [-0.3, -0.25) is 24.7 Å². The number of amides is 2. The molecule has 40 heavy (non-hydrogen) atoms. The highest BCUT2D eigenvalue weighted by Gasteiger charge is 2.24. The highest BCUT2D eigenvalue weighted by molar-refractivity contribution is 5.96. The molecule has 1 aliphatic heterocycles. The first-order valence-corrected chi connectivity index (χ1v) is 13.2. The Hall–Kier alpha value is -3.11. The number of allylic oxidation sites excluding steroid dienone is 4. The van der Waals surface area contributed by atoms with Gasteiger partial charge in [0.25, 0.3) is 5.91 Å². The van der Waals surface area contributed by atoms with Crippen LogP contribution in [-0.4, -0.2) is 71.8 Å². The van der Waals surface area contributed by atoms with Gasteiger partial charge >= 0.3 is 0 Å². The Labute approximate surface area is 238 Å². The van der Waals surface area contributed by atoms with Gasteiger partial charge in [-0.25, -0.2) is 4.39 Å². The van der Waals surface area contributed by atoms with Crippen LogP contribution in [0.25, 0.3) is 0 Å². The zero-order chi connectivity index (χ0) is 28.9. The molecule has 0 aromatic heterocycles. The van der Waals surface area contributed by atoms with Crippen molar-refractivity contribution in [1.82, 2.24) is 15.1 Å². The van der Waals surface area contributed by atoms with Crippen molar-refractivity contribution in [2.45, 2.75) is 73.1 Å². The molecule has 9 heteroatoms. The molecule has 3 atom stereocenters. The zero-order valence-electron chi connectivity index (χ0n) is 23.7. The number of rotatable bonds is 13. The summed E-state index contributed by atoms with van der Waals surface area (Å²) < 4.78 is 27.0. The maximum atomic E-state index is 15.4. The molecular formula is C31H46FN3O5. The Bertz CT molecular complexity index is 1070. The molecular weight excluding hydrogens is 513 g/mol. The van der Waals surface area contributed by atoms with Crippen molar-refractivity contribution in [2.75, 3.05) is 26.7 Å². The summed E-state index contributed by atoms with van der Waals surface area (Å²) >= 11 is 0. The maximum Gasteiger partial charge on any atom is 0.270 e. The molecule has 8 nitrogen and oxygen atoms in total. The number of ether oxygens (including phenoxy) is 2. The molecule has 1 aromatic carbocycles. The van der Waals surface area contributed by atoms with Gasteiger partial charge in [-0.2, -0.15) is 0 Å². The van der Waals surface area contributed by atoms with Gasteiger partial charge in [-0.15, -0.1) is 0 Å². The van der Waals surface area contributed by atoms with E-state index in [1.54, 1.807) is 32.2 Å². The molecule has 1 aliphatic rings. The number of hydrogen-bond acceptors (Lipinski definition) is 7. The Kier molecular flexibility index (Phi) is 15.3. The van der Waals surface area contributed by atoms with E-state index in [0.29, 0.717) is 28.8 Å². The van der Waals surface area contributed by atoms with E-state index >= 15 is 4.39 Å². The van der Waals surface area contributed by atoms with Crippen molar-refractivity contribution in [3.63, 3.8) is 0 Å². The van der Waals surface area contributed by atoms with Crippen LogP contribution in [0, 0.1) is 5.82 Å². The summed E-state index contributed by atoms with van der Waals surface area (Å²) in [4.78, 5) is 27.3. The second-order valence-corrected chi connectivity index (χ2v) is 9.70. The van der Waals surface area contributed by atoms with E-state index in [1.807, 2.05) is 45.1 Å². The average Bonchev–Trinajstić information content (AvgIpc) is 2.89. The maximum absolute atomic E-state index is 15.4. The summed E-state index contributed by atoms with van der Waals surface area (Å²) in [5.41, 5.74) is 2.31. The van der Waals surface area contributed by atoms with Gasteiger partial charge in [-0.05, 0) is 33.4 Å². The molecule has 1 aromatic rings. The molecule has 0 radical (unpaired) electrons. The molecule has 3 unspecified atom stereocenters. The van der Waals surface area contributed by atoms with Crippen molar-refractivity contribution < 1.29 is 28.6 Å². The monoisotopic (exact) mass is 559 g/mol. The summed E-state index contributed by atoms with van der Waals surface area (Å²) in [5.74, 6) is -1.60. The van der Waals surface area contributed by atoms with Crippen LogP contribution < -0.4 is 5.32 Å². The van der Waals surface area contributed by atoms with Crippen molar-refractivity contribution >= 4 is 11.8 Å². The lowest BCUT2D eigenvalue weighted by atomic mass is 10.1. The summed E-state index contributed by atoms with van der Waals surface area (Å²) in [6.07, 6.45) is 7.34. The predicted octanol–water partition coefficient (Wildman–Crippen LogP) is 4.46. The van der Waals surface area contributed by atoms with Crippen molar-refractivity contribution in [2.24, 2.45) is 0 Å². The fourth-order valence-corrected chi connectivity index (χ4v) is 4.30. The third-order valence-corrected chi connectivity index (χ3v) is 6.23. The molecule has 0 bridgehead atoms. The van der Waals surface area contributed by atoms with E-state index in [1.165, 1.54) is 11.2 Å². The standard InChI is InChI=1S/C30H42FN3O5.CH4/c1-7-10-12-23(8-2)26(17-33(6)30(37)29(36)32-27(35)9-3)20-38-19-25-14-11-13-24(28(25)31)18-34-15-21(4)39-22(5)16-34;/h7-8,10-14,20-22,30,37H,2,9,15-19H2,1,3-6H3,(H,32,35,36);1H4/b10-7-,23-12-,26-20+;. The molecule has 2 N–H and O–H groups in total. The quantitative estimate of drug-likeness (QED) is 0.209. The second-order valence-electron chi connectivity index (χ2n) is 9.70. The van der Waals surface area contributed by atoms with Gasteiger partial charge in [0.05, 0.1) is 18.5 Å². The minimum absolute atomic E-state index is 0. The first-order chi connectivity index (χ1) is 18.6. The number of nitrogens with one attached hydrogen (secondary N) is 1. The minimum atomic E-state index is -1.56. The van der Waals surface area contributed by atoms with Crippen molar-refractivity contribution in [3.05, 3.63) is 83.4 Å². The van der Waals surface area contributed by atoms with Crippen LogP contribution in [0.1, 0.15) is 52.7 Å². The fourth-order valence-electron chi connectivity index (χ4n) is 4.30. The van der Waals surface area contributed by atoms with E-state index in [-0.39, 0.29) is 45.0 Å². The number of benzene rings is 1. The number of aliphatic hydroxyl groups excluding tert-OH is 1. The lowest BCUT2D eigenvalue weighted by molar-refractivity contribution is -0.142. The minimum Gasteiger partial charge on any atom is -0.496 e. The smallest absolute Gasteiger partial charge is 0.270 e. The van der Waals surface area contributed by atoms with Crippen LogP contribution >= 0.6 is 0 Å². The number of morpholine rings is 1. The highest BCUT2D eigenvalue weighted by atomic mass is 19.1. The van der Waals surface area contributed by atoms with Crippen molar-refractivity contribution in [1.29, 1.82) is 0 Å². The van der Waals surface area contributed by atoms with E-state index < -0.39 is 18.0 Å². The SMILES string of the molecule is C.C=CC(=C/C=C\C)/C(=C/OCc1cccc(CN2CC(C)OC(C)C2)c1F)CN(C)C(O)C(=O)NC(=O)CC. The lowest BCUT2D eigenvalue weighted by Gasteiger charge is -2.35. The van der Waals surface area contributed by atoms with Gasteiger partial charge in [0, 0.05) is 49.3 Å². The number of aliphatic hydroxyl groups is 1. The van der Waals surface area contributed by atoms with Crippen LogP contribution in [0.5, 0.6) is 0 Å². The largest absolute Gasteiger partial charge is 0.496 e. The van der Waals surface area contributed by atoms with E-state index in [2.05, 4.69) is 16.8 Å². The predicted molar refractivity (Wildman–Crippen MR) is 156 cm³/mol. The highest BCUT2D eigenvalue weighted by Crippen LogP contribution is 2.20. The topological polar surface area (TPSA) is 91.3 Å². The number of likely N-dealkylation sites (N-methyl/N-ethyl adjacent to an activating group) is 1. The van der Waals surface area contributed by atoms with Crippen LogP contribution in [0.2, 0.25) is 0 Å². The molecule has 0 aliphatic carbocycles. The number of imide groups is 1. The summed E-state index contributed by atoms with van der Waals surface area (Å²) in [5, 5.41) is 12.6. The van der Waals surface area contributed by atoms with E-state index in [9.17, 15) is 14.7 Å². The number of carbonyl (C=O) groups excluding carboxylic acids is 2. The van der Waals surface area contributed by atoms with Gasteiger partial charge < -0.3 is 14.6 Å². The number of carbonyl (C=O) groups is 2.